The van der Waals surface area contributed by atoms with Crippen molar-refractivity contribution in [2.75, 3.05) is 0 Å². The second kappa shape index (κ2) is 5.76. The fourth-order valence-corrected chi connectivity index (χ4v) is 3.34. The Hall–Kier alpha value is -2.67. The molecule has 0 saturated heterocycles. The van der Waals surface area contributed by atoms with Crippen LogP contribution in [0, 0.1) is 20.8 Å². The van der Waals surface area contributed by atoms with Crippen LogP contribution in [-0.4, -0.2) is 18.5 Å². The monoisotopic (exact) mass is 343 g/mol. The summed E-state index contributed by atoms with van der Waals surface area (Å²) in [6.45, 7) is 5.68. The number of sulfonamides is 1. The first-order valence-corrected chi connectivity index (χ1v) is 8.78. The van der Waals surface area contributed by atoms with Crippen molar-refractivity contribution in [1.82, 2.24) is 4.98 Å². The van der Waals surface area contributed by atoms with Gasteiger partial charge in [-0.1, -0.05) is 33.8 Å². The van der Waals surface area contributed by atoms with Crippen LogP contribution in [0.5, 0.6) is 5.88 Å². The minimum atomic E-state index is -3.93. The molecule has 1 aromatic heterocycles. The van der Waals surface area contributed by atoms with Gasteiger partial charge >= 0.3 is 0 Å². The number of aromatic amines is 1. The van der Waals surface area contributed by atoms with Crippen LogP contribution >= 0.6 is 0 Å². The van der Waals surface area contributed by atoms with Crippen molar-refractivity contribution in [3.8, 4) is 5.88 Å². The molecule has 2 N–H and O–H groups in total. The average molecular weight is 343 g/mol. The molecule has 3 rings (SSSR count). The van der Waals surface area contributed by atoms with Crippen molar-refractivity contribution in [1.29, 1.82) is 0 Å². The predicted molar refractivity (Wildman–Crippen MR) is 92.3 cm³/mol. The summed E-state index contributed by atoms with van der Waals surface area (Å²) in [5.41, 5.74) is 3.69. The maximum absolute atomic E-state index is 12.3. The standard InChI is InChI=1S/C17H17N3O3S/c1-10-4-6-13(7-5-10)24(22,23)20-19-16-14-9-11(2)8-12(3)15(14)18-17(16)21/h4-9,18,21H,1-3H3. The van der Waals surface area contributed by atoms with Crippen LogP contribution in [-0.2, 0) is 10.0 Å². The molecule has 2 aromatic carbocycles. The number of aromatic nitrogens is 1. The van der Waals surface area contributed by atoms with Crippen LogP contribution < -0.4 is 0 Å². The molecule has 0 aliphatic carbocycles. The molecule has 1 heterocycles. The van der Waals surface area contributed by atoms with Crippen molar-refractivity contribution in [2.45, 2.75) is 25.7 Å². The molecule has 3 aromatic rings. The van der Waals surface area contributed by atoms with Crippen molar-refractivity contribution in [3.05, 3.63) is 53.1 Å². The molecule has 0 saturated carbocycles. The third-order valence-electron chi connectivity index (χ3n) is 3.77. The molecule has 0 aliphatic rings. The third kappa shape index (κ3) is 2.90. The van der Waals surface area contributed by atoms with Gasteiger partial charge in [0.25, 0.3) is 10.0 Å². The van der Waals surface area contributed by atoms with Crippen LogP contribution in [0.15, 0.2) is 50.9 Å². The first-order chi connectivity index (χ1) is 11.3. The normalized spacial score (nSPS) is 12.3. The zero-order valence-electron chi connectivity index (χ0n) is 13.5. The summed E-state index contributed by atoms with van der Waals surface area (Å²) in [4.78, 5) is 2.87. The predicted octanol–water partition coefficient (Wildman–Crippen LogP) is 4.27. The number of rotatable bonds is 3. The number of aryl methyl sites for hydroxylation is 3. The molecule has 24 heavy (non-hydrogen) atoms. The molecule has 7 heteroatoms. The largest absolute Gasteiger partial charge is 0.493 e. The van der Waals surface area contributed by atoms with Gasteiger partial charge in [0.1, 0.15) is 0 Å². The van der Waals surface area contributed by atoms with E-state index in [0.717, 1.165) is 16.7 Å². The SMILES string of the molecule is Cc1ccc(S(=O)(=O)N=Nc2c(O)[nH]c3c(C)cc(C)cc23)cc1. The molecule has 0 atom stereocenters. The minimum Gasteiger partial charge on any atom is -0.493 e. The Morgan fingerprint density at radius 2 is 1.67 bits per heavy atom. The number of nitrogens with zero attached hydrogens (tertiary/aromatic N) is 2. The molecule has 124 valence electrons. The van der Waals surface area contributed by atoms with E-state index in [1.807, 2.05) is 32.9 Å². The second-order valence-corrected chi connectivity index (χ2v) is 7.38. The lowest BCUT2D eigenvalue weighted by molar-refractivity contribution is 0.459. The minimum absolute atomic E-state index is 0.0588. The highest BCUT2D eigenvalue weighted by molar-refractivity contribution is 7.90. The van der Waals surface area contributed by atoms with Crippen molar-refractivity contribution < 1.29 is 13.5 Å². The topological polar surface area (TPSA) is 94.9 Å². The Balaban J connectivity index is 2.07. The van der Waals surface area contributed by atoms with Gasteiger partial charge in [-0.15, -0.1) is 5.11 Å². The average Bonchev–Trinajstić information content (AvgIpc) is 2.82. The number of fused-ring (bicyclic) bond motifs is 1. The van der Waals surface area contributed by atoms with E-state index >= 15 is 0 Å². The fraction of sp³-hybridized carbons (Fsp3) is 0.176. The number of benzene rings is 2. The summed E-state index contributed by atoms with van der Waals surface area (Å²) in [5, 5.41) is 14.5. The Morgan fingerprint density at radius 1 is 1.00 bits per heavy atom. The summed E-state index contributed by atoms with van der Waals surface area (Å²) < 4.78 is 28.0. The van der Waals surface area contributed by atoms with Crippen LogP contribution in [0.25, 0.3) is 10.9 Å². The van der Waals surface area contributed by atoms with E-state index in [1.54, 1.807) is 12.1 Å². The Kier molecular flexibility index (Phi) is 3.88. The highest BCUT2D eigenvalue weighted by Gasteiger charge is 2.16. The van der Waals surface area contributed by atoms with E-state index in [4.69, 9.17) is 0 Å². The first kappa shape index (κ1) is 16.2. The third-order valence-corrected chi connectivity index (χ3v) is 4.93. The van der Waals surface area contributed by atoms with Gasteiger partial charge in [0, 0.05) is 5.39 Å². The number of nitrogens with one attached hydrogen (secondary N) is 1. The van der Waals surface area contributed by atoms with E-state index in [0.29, 0.717) is 10.9 Å². The lowest BCUT2D eigenvalue weighted by Crippen LogP contribution is -1.95. The number of hydrogen-bond acceptors (Lipinski definition) is 4. The zero-order chi connectivity index (χ0) is 17.5. The number of aromatic hydroxyl groups is 1. The van der Waals surface area contributed by atoms with E-state index < -0.39 is 10.0 Å². The van der Waals surface area contributed by atoms with E-state index in [1.165, 1.54) is 12.1 Å². The van der Waals surface area contributed by atoms with Gasteiger partial charge in [-0.2, -0.15) is 8.42 Å². The molecule has 0 unspecified atom stereocenters. The van der Waals surface area contributed by atoms with Gasteiger partial charge in [-0.05, 0) is 44.5 Å². The lowest BCUT2D eigenvalue weighted by Gasteiger charge is -2.00. The maximum atomic E-state index is 12.3. The van der Waals surface area contributed by atoms with Gasteiger partial charge in [0.2, 0.25) is 5.88 Å². The Bertz CT molecular complexity index is 1050. The molecule has 6 nitrogen and oxygen atoms in total. The molecule has 0 bridgehead atoms. The Morgan fingerprint density at radius 3 is 2.33 bits per heavy atom. The number of H-pyrrole nitrogens is 1. The van der Waals surface area contributed by atoms with Crippen molar-refractivity contribution in [3.63, 3.8) is 0 Å². The molecule has 0 radical (unpaired) electrons. The summed E-state index contributed by atoms with van der Waals surface area (Å²) in [6.07, 6.45) is 0. The lowest BCUT2D eigenvalue weighted by atomic mass is 10.1. The van der Waals surface area contributed by atoms with Gasteiger partial charge in [0.15, 0.2) is 5.69 Å². The van der Waals surface area contributed by atoms with E-state index in [2.05, 4.69) is 14.6 Å². The molecule has 0 amide bonds. The first-order valence-electron chi connectivity index (χ1n) is 7.34. The van der Waals surface area contributed by atoms with Crippen LogP contribution in [0.3, 0.4) is 0 Å². The summed E-state index contributed by atoms with van der Waals surface area (Å²) in [5.74, 6) is -0.207. The number of hydrogen-bond donors (Lipinski definition) is 2. The van der Waals surface area contributed by atoms with Crippen LogP contribution in [0.1, 0.15) is 16.7 Å². The van der Waals surface area contributed by atoms with Gasteiger partial charge in [-0.3, -0.25) is 0 Å². The van der Waals surface area contributed by atoms with Gasteiger partial charge in [-0.25, -0.2) is 0 Å². The Labute approximate surface area is 139 Å². The van der Waals surface area contributed by atoms with Gasteiger partial charge in [0.05, 0.1) is 10.4 Å². The van der Waals surface area contributed by atoms with Crippen molar-refractivity contribution >= 4 is 26.6 Å². The molecule has 0 fully saturated rings. The van der Waals surface area contributed by atoms with Crippen LogP contribution in [0.4, 0.5) is 5.69 Å². The summed E-state index contributed by atoms with van der Waals surface area (Å²) in [6, 6.07) is 10.1. The molecule has 0 spiro atoms. The highest BCUT2D eigenvalue weighted by atomic mass is 32.2. The van der Waals surface area contributed by atoms with Gasteiger partial charge < -0.3 is 10.1 Å². The summed E-state index contributed by atoms with van der Waals surface area (Å²) >= 11 is 0. The fourth-order valence-electron chi connectivity index (χ4n) is 2.58. The smallest absolute Gasteiger partial charge is 0.299 e. The van der Waals surface area contributed by atoms with E-state index in [9.17, 15) is 13.5 Å². The highest BCUT2D eigenvalue weighted by Crippen LogP contribution is 2.37. The molecular formula is C17H17N3O3S. The second-order valence-electron chi connectivity index (χ2n) is 5.80. The summed E-state index contributed by atoms with van der Waals surface area (Å²) in [7, 11) is -3.93. The zero-order valence-corrected chi connectivity index (χ0v) is 14.3. The van der Waals surface area contributed by atoms with E-state index in [-0.39, 0.29) is 16.5 Å². The van der Waals surface area contributed by atoms with Crippen LogP contribution in [0.2, 0.25) is 0 Å². The quantitative estimate of drug-likeness (QED) is 0.695. The maximum Gasteiger partial charge on any atom is 0.299 e. The molecular weight excluding hydrogens is 326 g/mol. The van der Waals surface area contributed by atoms with Crippen molar-refractivity contribution in [2.24, 2.45) is 9.63 Å². The molecule has 0 aliphatic heterocycles.